The summed E-state index contributed by atoms with van der Waals surface area (Å²) >= 11 is 2.20. The predicted molar refractivity (Wildman–Crippen MR) is 90.6 cm³/mol. The van der Waals surface area contributed by atoms with Crippen LogP contribution in [0.2, 0.25) is 0 Å². The quantitative estimate of drug-likeness (QED) is 0.365. The van der Waals surface area contributed by atoms with E-state index in [0.717, 1.165) is 22.1 Å². The van der Waals surface area contributed by atoms with Gasteiger partial charge in [-0.2, -0.15) is 0 Å². The SMILES string of the molecule is CCCCCCCCONC(=O)Nc1cccc(I)c1. The molecule has 0 aliphatic rings. The van der Waals surface area contributed by atoms with E-state index in [1.54, 1.807) is 0 Å². The van der Waals surface area contributed by atoms with Gasteiger partial charge in [-0.05, 0) is 47.2 Å². The fourth-order valence-electron chi connectivity index (χ4n) is 1.79. The van der Waals surface area contributed by atoms with Crippen LogP contribution in [0, 0.1) is 3.57 Å². The molecule has 1 aromatic carbocycles. The summed E-state index contributed by atoms with van der Waals surface area (Å²) in [5.41, 5.74) is 3.16. The lowest BCUT2D eigenvalue weighted by Gasteiger charge is -2.08. The van der Waals surface area contributed by atoms with E-state index in [0.29, 0.717) is 6.61 Å². The number of hydrogen-bond acceptors (Lipinski definition) is 2. The summed E-state index contributed by atoms with van der Waals surface area (Å²) in [7, 11) is 0. The van der Waals surface area contributed by atoms with Crippen LogP contribution in [0.4, 0.5) is 10.5 Å². The Bertz CT molecular complexity index is 399. The lowest BCUT2D eigenvalue weighted by molar-refractivity contribution is 0.0631. The van der Waals surface area contributed by atoms with Crippen molar-refractivity contribution < 1.29 is 9.63 Å². The standard InChI is InChI=1S/C15H23IN2O2/c1-2-3-4-5-6-7-11-20-18-15(19)17-14-10-8-9-13(16)12-14/h8-10,12H,2-7,11H2,1H3,(H2,17,18,19). The van der Waals surface area contributed by atoms with Crippen LogP contribution < -0.4 is 10.8 Å². The molecule has 0 atom stereocenters. The Morgan fingerprint density at radius 1 is 1.20 bits per heavy atom. The number of unbranched alkanes of at least 4 members (excludes halogenated alkanes) is 5. The Hall–Kier alpha value is -0.820. The Morgan fingerprint density at radius 2 is 1.95 bits per heavy atom. The van der Waals surface area contributed by atoms with Gasteiger partial charge >= 0.3 is 6.03 Å². The molecule has 0 saturated carbocycles. The van der Waals surface area contributed by atoms with Crippen LogP contribution in [0.15, 0.2) is 24.3 Å². The largest absolute Gasteiger partial charge is 0.343 e. The molecule has 0 aliphatic heterocycles. The van der Waals surface area contributed by atoms with Crippen molar-refractivity contribution in [1.29, 1.82) is 0 Å². The van der Waals surface area contributed by atoms with E-state index < -0.39 is 0 Å². The molecule has 2 amide bonds. The number of rotatable bonds is 9. The first-order valence-electron chi connectivity index (χ1n) is 7.16. The number of hydroxylamine groups is 1. The van der Waals surface area contributed by atoms with E-state index in [1.807, 2.05) is 24.3 Å². The number of carbonyl (C=O) groups is 1. The molecule has 2 N–H and O–H groups in total. The monoisotopic (exact) mass is 390 g/mol. The Balaban J connectivity index is 2.03. The number of anilines is 1. The third kappa shape index (κ3) is 8.37. The van der Waals surface area contributed by atoms with Crippen LogP contribution in [-0.4, -0.2) is 12.6 Å². The molecule has 0 unspecified atom stereocenters. The highest BCUT2D eigenvalue weighted by atomic mass is 127. The van der Waals surface area contributed by atoms with E-state index in [-0.39, 0.29) is 6.03 Å². The molecule has 0 heterocycles. The van der Waals surface area contributed by atoms with Gasteiger partial charge in [-0.3, -0.25) is 4.84 Å². The van der Waals surface area contributed by atoms with Crippen LogP contribution in [0.3, 0.4) is 0 Å². The molecule has 5 heteroatoms. The fourth-order valence-corrected chi connectivity index (χ4v) is 2.34. The molecule has 0 radical (unpaired) electrons. The van der Waals surface area contributed by atoms with Gasteiger partial charge in [0.2, 0.25) is 0 Å². The Labute approximate surface area is 134 Å². The van der Waals surface area contributed by atoms with Crippen molar-refractivity contribution in [1.82, 2.24) is 5.48 Å². The number of hydrogen-bond donors (Lipinski definition) is 2. The highest BCUT2D eigenvalue weighted by Gasteiger charge is 2.01. The van der Waals surface area contributed by atoms with Crippen molar-refractivity contribution in [2.75, 3.05) is 11.9 Å². The molecule has 0 spiro atoms. The minimum atomic E-state index is -0.335. The second kappa shape index (κ2) is 10.9. The molecule has 20 heavy (non-hydrogen) atoms. The highest BCUT2D eigenvalue weighted by Crippen LogP contribution is 2.12. The minimum absolute atomic E-state index is 0.335. The molecule has 1 aromatic rings. The number of benzene rings is 1. The summed E-state index contributed by atoms with van der Waals surface area (Å²) in [5.74, 6) is 0. The molecule has 112 valence electrons. The van der Waals surface area contributed by atoms with Gasteiger partial charge < -0.3 is 5.32 Å². The van der Waals surface area contributed by atoms with Gasteiger partial charge in [0.05, 0.1) is 6.61 Å². The van der Waals surface area contributed by atoms with E-state index >= 15 is 0 Å². The average Bonchev–Trinajstić information content (AvgIpc) is 2.42. The van der Waals surface area contributed by atoms with Crippen molar-refractivity contribution in [2.24, 2.45) is 0 Å². The molecule has 0 saturated heterocycles. The lowest BCUT2D eigenvalue weighted by Crippen LogP contribution is -2.29. The van der Waals surface area contributed by atoms with Gasteiger partial charge in [-0.1, -0.05) is 45.1 Å². The van der Waals surface area contributed by atoms with E-state index in [1.165, 1.54) is 25.7 Å². The second-order valence-corrected chi connectivity index (χ2v) is 5.93. The third-order valence-corrected chi connectivity index (χ3v) is 3.52. The zero-order chi connectivity index (χ0) is 14.6. The summed E-state index contributed by atoms with van der Waals surface area (Å²) in [6.07, 6.45) is 7.23. The Kier molecular flexibility index (Phi) is 9.40. The first kappa shape index (κ1) is 17.2. The predicted octanol–water partition coefficient (Wildman–Crippen LogP) is 4.70. The van der Waals surface area contributed by atoms with Crippen molar-refractivity contribution in [2.45, 2.75) is 45.4 Å². The maximum atomic E-state index is 11.5. The summed E-state index contributed by atoms with van der Waals surface area (Å²) in [5, 5.41) is 2.72. The molecule has 0 aromatic heterocycles. The van der Waals surface area contributed by atoms with Crippen LogP contribution in [0.25, 0.3) is 0 Å². The van der Waals surface area contributed by atoms with Crippen molar-refractivity contribution in [3.8, 4) is 0 Å². The molecule has 0 bridgehead atoms. The molecule has 1 rings (SSSR count). The van der Waals surface area contributed by atoms with Gasteiger partial charge in [-0.25, -0.2) is 10.3 Å². The first-order valence-corrected chi connectivity index (χ1v) is 8.24. The number of halogens is 1. The van der Waals surface area contributed by atoms with Gasteiger partial charge in [0.15, 0.2) is 0 Å². The van der Waals surface area contributed by atoms with Crippen LogP contribution in [0.5, 0.6) is 0 Å². The summed E-state index contributed by atoms with van der Waals surface area (Å²) in [6.45, 7) is 2.77. The lowest BCUT2D eigenvalue weighted by atomic mass is 10.1. The maximum absolute atomic E-state index is 11.5. The molecule has 4 nitrogen and oxygen atoms in total. The van der Waals surface area contributed by atoms with Gasteiger partial charge in [0, 0.05) is 9.26 Å². The van der Waals surface area contributed by atoms with E-state index in [4.69, 9.17) is 4.84 Å². The van der Waals surface area contributed by atoms with Gasteiger partial charge in [-0.15, -0.1) is 0 Å². The fraction of sp³-hybridized carbons (Fsp3) is 0.533. The Morgan fingerprint density at radius 3 is 2.70 bits per heavy atom. The summed E-state index contributed by atoms with van der Waals surface area (Å²) in [4.78, 5) is 16.7. The maximum Gasteiger partial charge on any atom is 0.343 e. The smallest absolute Gasteiger partial charge is 0.306 e. The zero-order valence-corrected chi connectivity index (χ0v) is 14.1. The number of nitrogens with one attached hydrogen (secondary N) is 2. The molecular weight excluding hydrogens is 367 g/mol. The van der Waals surface area contributed by atoms with Crippen molar-refractivity contribution in [3.05, 3.63) is 27.8 Å². The number of carbonyl (C=O) groups excluding carboxylic acids is 1. The van der Waals surface area contributed by atoms with E-state index in [2.05, 4.69) is 40.3 Å². The molecule has 0 aliphatic carbocycles. The second-order valence-electron chi connectivity index (χ2n) is 4.68. The van der Waals surface area contributed by atoms with Crippen LogP contribution in [-0.2, 0) is 4.84 Å². The van der Waals surface area contributed by atoms with Crippen LogP contribution in [0.1, 0.15) is 45.4 Å². The number of urea groups is 1. The van der Waals surface area contributed by atoms with Crippen LogP contribution >= 0.6 is 22.6 Å². The first-order chi connectivity index (χ1) is 9.72. The normalized spacial score (nSPS) is 10.3. The topological polar surface area (TPSA) is 50.4 Å². The zero-order valence-electron chi connectivity index (χ0n) is 12.0. The average molecular weight is 390 g/mol. The summed E-state index contributed by atoms with van der Waals surface area (Å²) < 4.78 is 1.08. The van der Waals surface area contributed by atoms with E-state index in [9.17, 15) is 4.79 Å². The summed E-state index contributed by atoms with van der Waals surface area (Å²) in [6, 6.07) is 7.27. The number of amides is 2. The highest BCUT2D eigenvalue weighted by molar-refractivity contribution is 14.1. The molecular formula is C15H23IN2O2. The van der Waals surface area contributed by atoms with Gasteiger partial charge in [0.1, 0.15) is 0 Å². The minimum Gasteiger partial charge on any atom is -0.306 e. The molecule has 0 fully saturated rings. The van der Waals surface area contributed by atoms with Crippen molar-refractivity contribution in [3.63, 3.8) is 0 Å². The van der Waals surface area contributed by atoms with Gasteiger partial charge in [0.25, 0.3) is 0 Å². The third-order valence-electron chi connectivity index (χ3n) is 2.85. The van der Waals surface area contributed by atoms with Crippen molar-refractivity contribution >= 4 is 34.3 Å².